The van der Waals surface area contributed by atoms with Crippen molar-refractivity contribution < 1.29 is 0 Å². The molecule has 3 aromatic rings. The molecule has 0 radical (unpaired) electrons. The zero-order valence-corrected chi connectivity index (χ0v) is 13.2. The maximum Gasteiger partial charge on any atom is 0.167 e. The number of fused-ring (bicyclic) bond motifs is 1. The topological polar surface area (TPSA) is 72.9 Å². The van der Waals surface area contributed by atoms with Crippen molar-refractivity contribution in [3.05, 3.63) is 36.9 Å². The summed E-state index contributed by atoms with van der Waals surface area (Å²) >= 11 is 0. The lowest BCUT2D eigenvalue weighted by Gasteiger charge is -2.32. The van der Waals surface area contributed by atoms with Crippen LogP contribution in [-0.2, 0) is 0 Å². The molecule has 1 aromatic carbocycles. The number of benzene rings is 1. The quantitative estimate of drug-likeness (QED) is 0.788. The van der Waals surface area contributed by atoms with E-state index in [0.717, 1.165) is 29.9 Å². The number of rotatable bonds is 2. The summed E-state index contributed by atoms with van der Waals surface area (Å²) in [5, 5.41) is 0. The second-order valence-electron chi connectivity index (χ2n) is 6.23. The van der Waals surface area contributed by atoms with Gasteiger partial charge in [-0.15, -0.1) is 0 Å². The number of anilines is 2. The number of hydrogen-bond donors (Lipinski definition) is 1. The molecule has 0 amide bonds. The Morgan fingerprint density at radius 1 is 1.13 bits per heavy atom. The Morgan fingerprint density at radius 3 is 2.83 bits per heavy atom. The number of piperidine rings is 1. The minimum Gasteiger partial charge on any atom is -0.393 e. The molecule has 4 rings (SSSR count). The van der Waals surface area contributed by atoms with E-state index in [0.29, 0.717) is 17.4 Å². The van der Waals surface area contributed by atoms with Crippen LogP contribution in [0.5, 0.6) is 0 Å². The molecule has 2 N–H and O–H groups in total. The van der Waals surface area contributed by atoms with Crippen molar-refractivity contribution in [2.45, 2.75) is 19.8 Å². The molecule has 6 nitrogen and oxygen atoms in total. The highest BCUT2D eigenvalue weighted by atomic mass is 15.2. The van der Waals surface area contributed by atoms with Gasteiger partial charge in [0.1, 0.15) is 18.3 Å². The van der Waals surface area contributed by atoms with Gasteiger partial charge in [-0.3, -0.25) is 4.57 Å². The fraction of sp³-hybridized carbons (Fsp3) is 0.353. The second kappa shape index (κ2) is 5.53. The summed E-state index contributed by atoms with van der Waals surface area (Å²) in [5.41, 5.74) is 8.97. The van der Waals surface area contributed by atoms with Gasteiger partial charge in [-0.2, -0.15) is 0 Å². The van der Waals surface area contributed by atoms with Crippen LogP contribution in [0.25, 0.3) is 16.9 Å². The molecule has 6 heteroatoms. The van der Waals surface area contributed by atoms with E-state index in [1.807, 2.05) is 28.8 Å². The summed E-state index contributed by atoms with van der Waals surface area (Å²) in [6.07, 6.45) is 5.80. The van der Waals surface area contributed by atoms with Crippen LogP contribution in [0.3, 0.4) is 0 Å². The normalized spacial score (nSPS) is 18.5. The Hall–Kier alpha value is -2.63. The van der Waals surface area contributed by atoms with Crippen LogP contribution in [-0.4, -0.2) is 32.6 Å². The zero-order valence-electron chi connectivity index (χ0n) is 13.2. The molecular formula is C17H20N6. The first kappa shape index (κ1) is 14.0. The standard InChI is InChI=1S/C17H20N6/c1-12-5-4-8-22(9-12)16-15(18)17(20-10-19-16)23-11-21-13-6-2-3-7-14(13)23/h2-3,6-7,10-12H,4-5,8-9,18H2,1H3. The molecule has 1 atom stereocenters. The summed E-state index contributed by atoms with van der Waals surface area (Å²) in [6.45, 7) is 4.26. The number of aromatic nitrogens is 4. The van der Waals surface area contributed by atoms with Gasteiger partial charge >= 0.3 is 0 Å². The van der Waals surface area contributed by atoms with E-state index in [1.165, 1.54) is 12.8 Å². The van der Waals surface area contributed by atoms with Gasteiger partial charge < -0.3 is 10.6 Å². The van der Waals surface area contributed by atoms with Gasteiger partial charge in [0.25, 0.3) is 0 Å². The first-order valence-corrected chi connectivity index (χ1v) is 8.02. The van der Waals surface area contributed by atoms with E-state index >= 15 is 0 Å². The van der Waals surface area contributed by atoms with Crippen LogP contribution in [0.2, 0.25) is 0 Å². The number of imidazole rings is 1. The van der Waals surface area contributed by atoms with Crippen molar-refractivity contribution in [1.82, 2.24) is 19.5 Å². The van der Waals surface area contributed by atoms with Gasteiger partial charge in [-0.05, 0) is 30.9 Å². The summed E-state index contributed by atoms with van der Waals surface area (Å²) in [7, 11) is 0. The SMILES string of the molecule is CC1CCCN(c2ncnc(-n3cnc4ccccc43)c2N)C1. The molecule has 1 aliphatic heterocycles. The lowest BCUT2D eigenvalue weighted by molar-refractivity contribution is 0.444. The Labute approximate surface area is 135 Å². The third-order valence-corrected chi connectivity index (χ3v) is 4.48. The molecule has 1 fully saturated rings. The third-order valence-electron chi connectivity index (χ3n) is 4.48. The first-order chi connectivity index (χ1) is 11.2. The lowest BCUT2D eigenvalue weighted by Crippen LogP contribution is -2.35. The monoisotopic (exact) mass is 308 g/mol. The third kappa shape index (κ3) is 2.40. The summed E-state index contributed by atoms with van der Waals surface area (Å²) in [6, 6.07) is 7.97. The van der Waals surface area contributed by atoms with Crippen molar-refractivity contribution in [1.29, 1.82) is 0 Å². The minimum absolute atomic E-state index is 0.616. The van der Waals surface area contributed by atoms with E-state index in [-0.39, 0.29) is 0 Å². The molecule has 1 unspecified atom stereocenters. The van der Waals surface area contributed by atoms with Crippen LogP contribution in [0.4, 0.5) is 11.5 Å². The Bertz CT molecular complexity index is 840. The Morgan fingerprint density at radius 2 is 1.96 bits per heavy atom. The zero-order chi connectivity index (χ0) is 15.8. The van der Waals surface area contributed by atoms with Crippen LogP contribution < -0.4 is 10.6 Å². The van der Waals surface area contributed by atoms with Crippen molar-refractivity contribution in [2.75, 3.05) is 23.7 Å². The molecule has 23 heavy (non-hydrogen) atoms. The fourth-order valence-electron chi connectivity index (χ4n) is 3.33. The fourth-order valence-corrected chi connectivity index (χ4v) is 3.33. The van der Waals surface area contributed by atoms with Crippen LogP contribution >= 0.6 is 0 Å². The summed E-state index contributed by atoms with van der Waals surface area (Å²) in [5.74, 6) is 2.19. The van der Waals surface area contributed by atoms with Crippen LogP contribution in [0.15, 0.2) is 36.9 Å². The number of para-hydroxylation sites is 2. The molecule has 118 valence electrons. The van der Waals surface area contributed by atoms with Gasteiger partial charge in [0, 0.05) is 13.1 Å². The van der Waals surface area contributed by atoms with E-state index in [1.54, 1.807) is 12.7 Å². The molecule has 2 aromatic heterocycles. The van der Waals surface area contributed by atoms with E-state index < -0.39 is 0 Å². The van der Waals surface area contributed by atoms with Crippen molar-refractivity contribution >= 4 is 22.5 Å². The summed E-state index contributed by atoms with van der Waals surface area (Å²) < 4.78 is 1.93. The van der Waals surface area contributed by atoms with Crippen LogP contribution in [0, 0.1) is 5.92 Å². The van der Waals surface area contributed by atoms with Crippen LogP contribution in [0.1, 0.15) is 19.8 Å². The largest absolute Gasteiger partial charge is 0.393 e. The Kier molecular flexibility index (Phi) is 3.37. The Balaban J connectivity index is 1.80. The predicted molar refractivity (Wildman–Crippen MR) is 91.7 cm³/mol. The van der Waals surface area contributed by atoms with Gasteiger partial charge in [-0.25, -0.2) is 15.0 Å². The maximum atomic E-state index is 6.43. The van der Waals surface area contributed by atoms with Crippen molar-refractivity contribution in [3.8, 4) is 5.82 Å². The molecule has 1 saturated heterocycles. The van der Waals surface area contributed by atoms with E-state index in [2.05, 4.69) is 26.8 Å². The average molecular weight is 308 g/mol. The first-order valence-electron chi connectivity index (χ1n) is 8.02. The van der Waals surface area contributed by atoms with E-state index in [9.17, 15) is 0 Å². The number of nitrogen functional groups attached to an aromatic ring is 1. The molecule has 1 aliphatic rings. The smallest absolute Gasteiger partial charge is 0.167 e. The number of hydrogen-bond acceptors (Lipinski definition) is 5. The molecule has 0 saturated carbocycles. The molecule has 0 aliphatic carbocycles. The highest BCUT2D eigenvalue weighted by Gasteiger charge is 2.22. The van der Waals surface area contributed by atoms with Gasteiger partial charge in [0.2, 0.25) is 0 Å². The van der Waals surface area contributed by atoms with Gasteiger partial charge in [-0.1, -0.05) is 19.1 Å². The minimum atomic E-state index is 0.616. The van der Waals surface area contributed by atoms with Gasteiger partial charge in [0.15, 0.2) is 11.6 Å². The lowest BCUT2D eigenvalue weighted by atomic mass is 10.0. The summed E-state index contributed by atoms with van der Waals surface area (Å²) in [4.78, 5) is 15.5. The molecule has 0 spiro atoms. The maximum absolute atomic E-state index is 6.43. The molecule has 0 bridgehead atoms. The van der Waals surface area contributed by atoms with E-state index in [4.69, 9.17) is 5.73 Å². The second-order valence-corrected chi connectivity index (χ2v) is 6.23. The van der Waals surface area contributed by atoms with Crippen molar-refractivity contribution in [3.63, 3.8) is 0 Å². The number of nitrogens with zero attached hydrogens (tertiary/aromatic N) is 5. The highest BCUT2D eigenvalue weighted by Crippen LogP contribution is 2.30. The van der Waals surface area contributed by atoms with Gasteiger partial charge in [0.05, 0.1) is 11.0 Å². The molecular weight excluding hydrogens is 288 g/mol. The number of nitrogens with two attached hydrogens (primary N) is 1. The average Bonchev–Trinajstić information content (AvgIpc) is 2.99. The predicted octanol–water partition coefficient (Wildman–Crippen LogP) is 2.63. The highest BCUT2D eigenvalue weighted by molar-refractivity contribution is 5.80. The van der Waals surface area contributed by atoms with Crippen molar-refractivity contribution in [2.24, 2.45) is 5.92 Å². The molecule has 3 heterocycles.